The lowest BCUT2D eigenvalue weighted by molar-refractivity contribution is -0.0271. The summed E-state index contributed by atoms with van der Waals surface area (Å²) in [5.74, 6) is 1.16. The standard InChI is InChI=1S/C13H17NO4S2/c1-13(16)7-20-12(19)14(13)6-8-4-9(17-2)11(15)10(5-8)18-3/h4-5,15-16H,6-7H2,1-3H3. The van der Waals surface area contributed by atoms with E-state index in [0.717, 1.165) is 5.56 Å². The molecule has 1 heterocycles. The summed E-state index contributed by atoms with van der Waals surface area (Å²) >= 11 is 6.70. The molecule has 110 valence electrons. The number of phenolic OH excluding ortho intramolecular Hbond substituents is 1. The van der Waals surface area contributed by atoms with Gasteiger partial charge in [-0.05, 0) is 24.6 Å². The third-order valence-electron chi connectivity index (χ3n) is 3.15. The van der Waals surface area contributed by atoms with Crippen molar-refractivity contribution in [3.05, 3.63) is 17.7 Å². The first kappa shape index (κ1) is 15.2. The van der Waals surface area contributed by atoms with E-state index in [1.807, 2.05) is 0 Å². The predicted octanol–water partition coefficient (Wildman–Crippen LogP) is 1.95. The molecule has 0 radical (unpaired) electrons. The van der Waals surface area contributed by atoms with Gasteiger partial charge in [0.2, 0.25) is 5.75 Å². The van der Waals surface area contributed by atoms with Crippen LogP contribution in [0.15, 0.2) is 12.1 Å². The number of nitrogens with zero attached hydrogens (tertiary/aromatic N) is 1. The molecule has 0 saturated carbocycles. The van der Waals surface area contributed by atoms with Gasteiger partial charge in [0.25, 0.3) is 0 Å². The molecule has 0 aliphatic carbocycles. The highest BCUT2D eigenvalue weighted by Gasteiger charge is 2.38. The molecule has 1 saturated heterocycles. The number of ether oxygens (including phenoxy) is 2. The average molecular weight is 315 g/mol. The van der Waals surface area contributed by atoms with E-state index in [0.29, 0.717) is 28.1 Å². The fourth-order valence-corrected chi connectivity index (χ4v) is 3.42. The van der Waals surface area contributed by atoms with Gasteiger partial charge in [-0.2, -0.15) is 0 Å². The second kappa shape index (κ2) is 5.67. The Morgan fingerprint density at radius 2 is 1.90 bits per heavy atom. The second-order valence-electron chi connectivity index (χ2n) is 4.71. The van der Waals surface area contributed by atoms with Crippen molar-refractivity contribution in [3.8, 4) is 17.2 Å². The van der Waals surface area contributed by atoms with E-state index in [4.69, 9.17) is 21.7 Å². The van der Waals surface area contributed by atoms with Gasteiger partial charge in [-0.15, -0.1) is 0 Å². The first-order valence-electron chi connectivity index (χ1n) is 5.99. The first-order valence-corrected chi connectivity index (χ1v) is 7.39. The summed E-state index contributed by atoms with van der Waals surface area (Å²) in [6.07, 6.45) is 0. The fraction of sp³-hybridized carbons (Fsp3) is 0.462. The topological polar surface area (TPSA) is 62.2 Å². The molecule has 2 rings (SSSR count). The Hall–Kier alpha value is -1.18. The smallest absolute Gasteiger partial charge is 0.200 e. The summed E-state index contributed by atoms with van der Waals surface area (Å²) < 4.78 is 10.9. The Bertz CT molecular complexity index is 508. The molecule has 1 aromatic carbocycles. The predicted molar refractivity (Wildman–Crippen MR) is 82.4 cm³/mol. The van der Waals surface area contributed by atoms with E-state index < -0.39 is 5.72 Å². The quantitative estimate of drug-likeness (QED) is 0.823. The molecular formula is C13H17NO4S2. The fourth-order valence-electron chi connectivity index (χ4n) is 2.01. The van der Waals surface area contributed by atoms with E-state index in [1.54, 1.807) is 24.0 Å². The van der Waals surface area contributed by atoms with Crippen molar-refractivity contribution in [2.45, 2.75) is 19.2 Å². The SMILES string of the molecule is COc1cc(CN2C(=S)SCC2(C)O)cc(OC)c1O. The van der Waals surface area contributed by atoms with Crippen molar-refractivity contribution < 1.29 is 19.7 Å². The van der Waals surface area contributed by atoms with Gasteiger partial charge in [-0.25, -0.2) is 0 Å². The van der Waals surface area contributed by atoms with Gasteiger partial charge in [0.15, 0.2) is 11.5 Å². The molecule has 1 atom stereocenters. The van der Waals surface area contributed by atoms with Crippen LogP contribution in [-0.4, -0.2) is 45.1 Å². The first-order chi connectivity index (χ1) is 9.39. The summed E-state index contributed by atoms with van der Waals surface area (Å²) in [4.78, 5) is 1.75. The van der Waals surface area contributed by atoms with E-state index in [9.17, 15) is 10.2 Å². The van der Waals surface area contributed by atoms with Crippen LogP contribution >= 0.6 is 24.0 Å². The van der Waals surface area contributed by atoms with Crippen LogP contribution in [0.3, 0.4) is 0 Å². The minimum atomic E-state index is -0.972. The Morgan fingerprint density at radius 3 is 2.30 bits per heavy atom. The van der Waals surface area contributed by atoms with Crippen LogP contribution < -0.4 is 9.47 Å². The lowest BCUT2D eigenvalue weighted by Crippen LogP contribution is -2.43. The summed E-state index contributed by atoms with van der Waals surface area (Å²) in [6.45, 7) is 2.15. The molecule has 1 aliphatic heterocycles. The van der Waals surface area contributed by atoms with E-state index in [1.165, 1.54) is 26.0 Å². The molecule has 7 heteroatoms. The highest BCUT2D eigenvalue weighted by molar-refractivity contribution is 8.23. The largest absolute Gasteiger partial charge is 0.502 e. The number of thiocarbonyl (C=S) groups is 1. The maximum atomic E-state index is 10.3. The second-order valence-corrected chi connectivity index (χ2v) is 6.32. The van der Waals surface area contributed by atoms with Crippen LogP contribution in [0.1, 0.15) is 12.5 Å². The lowest BCUT2D eigenvalue weighted by Gasteiger charge is -2.30. The molecule has 1 aliphatic rings. The van der Waals surface area contributed by atoms with Crippen molar-refractivity contribution in [1.29, 1.82) is 0 Å². The van der Waals surface area contributed by atoms with Crippen molar-refractivity contribution in [3.63, 3.8) is 0 Å². The number of thioether (sulfide) groups is 1. The molecule has 0 bridgehead atoms. The third kappa shape index (κ3) is 2.79. The minimum absolute atomic E-state index is 0.0381. The molecule has 1 fully saturated rings. The normalized spacial score (nSPS) is 22.2. The van der Waals surface area contributed by atoms with Gasteiger partial charge in [0, 0.05) is 12.3 Å². The summed E-state index contributed by atoms with van der Waals surface area (Å²) in [5.41, 5.74) is -0.137. The summed E-state index contributed by atoms with van der Waals surface area (Å²) in [6, 6.07) is 3.42. The van der Waals surface area contributed by atoms with Crippen molar-refractivity contribution in [2.24, 2.45) is 0 Å². The van der Waals surface area contributed by atoms with Gasteiger partial charge in [0.05, 0.1) is 14.2 Å². The van der Waals surface area contributed by atoms with Crippen LogP contribution in [0.5, 0.6) is 17.2 Å². The lowest BCUT2D eigenvalue weighted by atomic mass is 10.1. The Balaban J connectivity index is 2.32. The number of aliphatic hydroxyl groups is 1. The molecule has 0 amide bonds. The van der Waals surface area contributed by atoms with Crippen LogP contribution in [0, 0.1) is 0 Å². The third-order valence-corrected chi connectivity index (χ3v) is 4.88. The van der Waals surface area contributed by atoms with Crippen molar-refractivity contribution >= 4 is 28.3 Å². The van der Waals surface area contributed by atoms with Crippen LogP contribution in [0.2, 0.25) is 0 Å². The van der Waals surface area contributed by atoms with Crippen LogP contribution in [0.4, 0.5) is 0 Å². The number of benzene rings is 1. The number of hydrogen-bond acceptors (Lipinski definition) is 6. The van der Waals surface area contributed by atoms with Gasteiger partial charge in [0.1, 0.15) is 10.0 Å². The zero-order valence-corrected chi connectivity index (χ0v) is 13.2. The number of rotatable bonds is 4. The van der Waals surface area contributed by atoms with Gasteiger partial charge in [-0.3, -0.25) is 0 Å². The van der Waals surface area contributed by atoms with Crippen LogP contribution in [0.25, 0.3) is 0 Å². The monoisotopic (exact) mass is 315 g/mol. The average Bonchev–Trinajstić information content (AvgIpc) is 2.67. The minimum Gasteiger partial charge on any atom is -0.502 e. The van der Waals surface area contributed by atoms with Crippen molar-refractivity contribution in [2.75, 3.05) is 20.0 Å². The summed E-state index contributed by atoms with van der Waals surface area (Å²) in [5, 5.41) is 20.2. The highest BCUT2D eigenvalue weighted by Crippen LogP contribution is 2.39. The highest BCUT2D eigenvalue weighted by atomic mass is 32.2. The maximum absolute atomic E-state index is 10.3. The molecular weight excluding hydrogens is 298 g/mol. The zero-order valence-electron chi connectivity index (χ0n) is 11.5. The zero-order chi connectivity index (χ0) is 14.9. The van der Waals surface area contributed by atoms with E-state index in [2.05, 4.69) is 0 Å². The van der Waals surface area contributed by atoms with E-state index >= 15 is 0 Å². The number of phenols is 1. The molecule has 0 aromatic heterocycles. The van der Waals surface area contributed by atoms with E-state index in [-0.39, 0.29) is 5.75 Å². The molecule has 20 heavy (non-hydrogen) atoms. The molecule has 5 nitrogen and oxygen atoms in total. The number of hydrogen-bond donors (Lipinski definition) is 2. The number of methoxy groups -OCH3 is 2. The molecule has 0 spiro atoms. The van der Waals surface area contributed by atoms with Gasteiger partial charge >= 0.3 is 0 Å². The molecule has 2 N–H and O–H groups in total. The van der Waals surface area contributed by atoms with Crippen LogP contribution in [-0.2, 0) is 6.54 Å². The van der Waals surface area contributed by atoms with Gasteiger partial charge < -0.3 is 24.6 Å². The molecule has 1 aromatic rings. The maximum Gasteiger partial charge on any atom is 0.200 e. The van der Waals surface area contributed by atoms with Crippen molar-refractivity contribution in [1.82, 2.24) is 4.90 Å². The summed E-state index contributed by atoms with van der Waals surface area (Å²) in [7, 11) is 2.95. The Labute approximate surface area is 127 Å². The van der Waals surface area contributed by atoms with Gasteiger partial charge in [-0.1, -0.05) is 24.0 Å². The Kier molecular flexibility index (Phi) is 4.31. The number of aromatic hydroxyl groups is 1. The molecule has 1 unspecified atom stereocenters. The Morgan fingerprint density at radius 1 is 1.35 bits per heavy atom.